The molecular weight excluding hydrogens is 366 g/mol. The lowest BCUT2D eigenvalue weighted by atomic mass is 10.1. The van der Waals surface area contributed by atoms with Crippen LogP contribution in [-0.4, -0.2) is 38.5 Å². The molecule has 0 atom stereocenters. The van der Waals surface area contributed by atoms with E-state index in [1.54, 1.807) is 22.5 Å². The maximum atomic E-state index is 12.7. The van der Waals surface area contributed by atoms with E-state index in [1.807, 2.05) is 6.92 Å². The summed E-state index contributed by atoms with van der Waals surface area (Å²) in [4.78, 5) is 0.370. The van der Waals surface area contributed by atoms with Crippen LogP contribution in [0.2, 0.25) is 0 Å². The van der Waals surface area contributed by atoms with E-state index in [0.29, 0.717) is 23.9 Å². The van der Waals surface area contributed by atoms with Gasteiger partial charge < -0.3 is 4.74 Å². The van der Waals surface area contributed by atoms with Crippen LogP contribution < -0.4 is 0 Å². The molecule has 1 aromatic rings. The van der Waals surface area contributed by atoms with Gasteiger partial charge in [0.15, 0.2) is 0 Å². The van der Waals surface area contributed by atoms with E-state index in [2.05, 4.69) is 29.8 Å². The first-order valence-corrected chi connectivity index (χ1v) is 9.92. The standard InChI is InChI=1S/C16H24BrNO3S/c1-12(2)11-21-14-6-8-18(9-7-14)22(19,20)15-4-5-16(17)13(3)10-15/h4-5,10,12,14H,6-9,11H2,1-3H3. The van der Waals surface area contributed by atoms with Crippen molar-refractivity contribution in [2.45, 2.75) is 44.6 Å². The number of piperidine rings is 1. The maximum Gasteiger partial charge on any atom is 0.243 e. The second-order valence-corrected chi connectivity index (χ2v) is 9.03. The van der Waals surface area contributed by atoms with Gasteiger partial charge in [-0.15, -0.1) is 0 Å². The molecule has 22 heavy (non-hydrogen) atoms. The summed E-state index contributed by atoms with van der Waals surface area (Å²) in [6.07, 6.45) is 1.71. The second-order valence-electron chi connectivity index (χ2n) is 6.24. The molecule has 1 saturated heterocycles. The summed E-state index contributed by atoms with van der Waals surface area (Å²) in [6, 6.07) is 5.18. The zero-order valence-corrected chi connectivity index (χ0v) is 15.8. The number of nitrogens with zero attached hydrogens (tertiary/aromatic N) is 1. The first kappa shape index (κ1) is 17.9. The van der Waals surface area contributed by atoms with Crippen molar-refractivity contribution < 1.29 is 13.2 Å². The first-order chi connectivity index (χ1) is 10.3. The summed E-state index contributed by atoms with van der Waals surface area (Å²) in [5.41, 5.74) is 0.927. The number of rotatable bonds is 5. The van der Waals surface area contributed by atoms with Gasteiger partial charge in [-0.05, 0) is 49.4 Å². The fraction of sp³-hybridized carbons (Fsp3) is 0.625. The van der Waals surface area contributed by atoms with Crippen molar-refractivity contribution in [2.24, 2.45) is 5.92 Å². The minimum Gasteiger partial charge on any atom is -0.378 e. The molecule has 124 valence electrons. The Labute approximate surface area is 142 Å². The van der Waals surface area contributed by atoms with Crippen LogP contribution in [0.1, 0.15) is 32.3 Å². The average Bonchev–Trinajstić information content (AvgIpc) is 2.48. The third kappa shape index (κ3) is 4.31. The normalized spacial score (nSPS) is 18.0. The number of aryl methyl sites for hydroxylation is 1. The minimum absolute atomic E-state index is 0.181. The van der Waals surface area contributed by atoms with E-state index in [0.717, 1.165) is 29.5 Å². The molecule has 0 unspecified atom stereocenters. The van der Waals surface area contributed by atoms with Crippen molar-refractivity contribution in [2.75, 3.05) is 19.7 Å². The van der Waals surface area contributed by atoms with Crippen LogP contribution in [0.4, 0.5) is 0 Å². The highest BCUT2D eigenvalue weighted by atomic mass is 79.9. The van der Waals surface area contributed by atoms with Crippen LogP contribution in [0, 0.1) is 12.8 Å². The van der Waals surface area contributed by atoms with Crippen molar-refractivity contribution in [3.63, 3.8) is 0 Å². The van der Waals surface area contributed by atoms with Crippen molar-refractivity contribution >= 4 is 26.0 Å². The van der Waals surface area contributed by atoms with Crippen molar-refractivity contribution in [3.05, 3.63) is 28.2 Å². The van der Waals surface area contributed by atoms with Gasteiger partial charge >= 0.3 is 0 Å². The zero-order chi connectivity index (χ0) is 16.3. The number of hydrogen-bond acceptors (Lipinski definition) is 3. The third-order valence-electron chi connectivity index (χ3n) is 3.83. The molecule has 1 aromatic carbocycles. The van der Waals surface area contributed by atoms with Gasteiger partial charge in [0.05, 0.1) is 11.0 Å². The number of halogens is 1. The molecule has 1 heterocycles. The number of benzene rings is 1. The van der Waals surface area contributed by atoms with Crippen molar-refractivity contribution in [1.29, 1.82) is 0 Å². The molecular formula is C16H24BrNO3S. The quantitative estimate of drug-likeness (QED) is 0.772. The average molecular weight is 390 g/mol. The lowest BCUT2D eigenvalue weighted by Crippen LogP contribution is -2.41. The van der Waals surface area contributed by atoms with Gasteiger partial charge in [-0.3, -0.25) is 0 Å². The van der Waals surface area contributed by atoms with Crippen LogP contribution in [0.3, 0.4) is 0 Å². The van der Waals surface area contributed by atoms with Gasteiger partial charge in [-0.2, -0.15) is 4.31 Å². The van der Waals surface area contributed by atoms with Gasteiger partial charge in [0.1, 0.15) is 0 Å². The molecule has 0 spiro atoms. The molecule has 0 saturated carbocycles. The summed E-state index contributed by atoms with van der Waals surface area (Å²) >= 11 is 3.40. The molecule has 6 heteroatoms. The lowest BCUT2D eigenvalue weighted by molar-refractivity contribution is 0.00749. The summed E-state index contributed by atoms with van der Waals surface area (Å²) in [7, 11) is -3.40. The van der Waals surface area contributed by atoms with E-state index in [-0.39, 0.29) is 6.10 Å². The fourth-order valence-electron chi connectivity index (χ4n) is 2.49. The summed E-state index contributed by atoms with van der Waals surface area (Å²) in [5.74, 6) is 0.507. The molecule has 0 N–H and O–H groups in total. The highest BCUT2D eigenvalue weighted by Gasteiger charge is 2.29. The highest BCUT2D eigenvalue weighted by molar-refractivity contribution is 9.10. The summed E-state index contributed by atoms with van der Waals surface area (Å²) in [5, 5.41) is 0. The number of sulfonamides is 1. The van der Waals surface area contributed by atoms with Crippen LogP contribution in [0.25, 0.3) is 0 Å². The maximum absolute atomic E-state index is 12.7. The van der Waals surface area contributed by atoms with Crippen LogP contribution in [-0.2, 0) is 14.8 Å². The van der Waals surface area contributed by atoms with Gasteiger partial charge in [-0.25, -0.2) is 8.42 Å². The molecule has 1 aliphatic heterocycles. The van der Waals surface area contributed by atoms with E-state index < -0.39 is 10.0 Å². The lowest BCUT2D eigenvalue weighted by Gasteiger charge is -2.31. The second kappa shape index (κ2) is 7.43. The monoisotopic (exact) mass is 389 g/mol. The molecule has 0 amide bonds. The number of hydrogen-bond donors (Lipinski definition) is 0. The zero-order valence-electron chi connectivity index (χ0n) is 13.4. The first-order valence-electron chi connectivity index (χ1n) is 7.68. The van der Waals surface area contributed by atoms with Crippen LogP contribution in [0.5, 0.6) is 0 Å². The molecule has 0 radical (unpaired) electrons. The van der Waals surface area contributed by atoms with Crippen LogP contribution >= 0.6 is 15.9 Å². The molecule has 0 bridgehead atoms. The summed E-state index contributed by atoms with van der Waals surface area (Å²) < 4.78 is 33.7. The number of ether oxygens (including phenoxy) is 1. The van der Waals surface area contributed by atoms with Gasteiger partial charge in [0, 0.05) is 24.2 Å². The Balaban J connectivity index is 2.01. The SMILES string of the molecule is Cc1cc(S(=O)(=O)N2CCC(OCC(C)C)CC2)ccc1Br. The predicted octanol–water partition coefficient (Wildman–Crippen LogP) is 3.58. The van der Waals surface area contributed by atoms with Crippen molar-refractivity contribution in [1.82, 2.24) is 4.31 Å². The van der Waals surface area contributed by atoms with E-state index in [1.165, 1.54) is 0 Å². The predicted molar refractivity (Wildman–Crippen MR) is 91.4 cm³/mol. The van der Waals surface area contributed by atoms with Crippen LogP contribution in [0.15, 0.2) is 27.6 Å². The van der Waals surface area contributed by atoms with Gasteiger partial charge in [-0.1, -0.05) is 29.8 Å². The van der Waals surface area contributed by atoms with E-state index >= 15 is 0 Å². The largest absolute Gasteiger partial charge is 0.378 e. The van der Waals surface area contributed by atoms with Gasteiger partial charge in [0.25, 0.3) is 0 Å². The Hall–Kier alpha value is -0.430. The molecule has 0 aliphatic carbocycles. The van der Waals surface area contributed by atoms with Gasteiger partial charge in [0.2, 0.25) is 10.0 Å². The smallest absolute Gasteiger partial charge is 0.243 e. The Bertz CT molecular complexity index is 608. The molecule has 0 aromatic heterocycles. The Morgan fingerprint density at radius 3 is 2.50 bits per heavy atom. The Morgan fingerprint density at radius 1 is 1.32 bits per heavy atom. The summed E-state index contributed by atoms with van der Waals surface area (Å²) in [6.45, 7) is 7.93. The van der Waals surface area contributed by atoms with E-state index in [9.17, 15) is 8.42 Å². The Kier molecular flexibility index (Phi) is 6.05. The Morgan fingerprint density at radius 2 is 1.95 bits per heavy atom. The molecule has 1 aliphatic rings. The molecule has 4 nitrogen and oxygen atoms in total. The molecule has 2 rings (SSSR count). The van der Waals surface area contributed by atoms with Crippen molar-refractivity contribution in [3.8, 4) is 0 Å². The topological polar surface area (TPSA) is 46.6 Å². The van der Waals surface area contributed by atoms with E-state index in [4.69, 9.17) is 4.74 Å². The third-order valence-corrected chi connectivity index (χ3v) is 6.62. The minimum atomic E-state index is -3.40. The molecule has 1 fully saturated rings. The fourth-order valence-corrected chi connectivity index (χ4v) is 4.30. The highest BCUT2D eigenvalue weighted by Crippen LogP contribution is 2.25.